The van der Waals surface area contributed by atoms with Gasteiger partial charge in [-0.3, -0.25) is 5.41 Å². The summed E-state index contributed by atoms with van der Waals surface area (Å²) >= 11 is 16.0. The van der Waals surface area contributed by atoms with Crippen LogP contribution in [0.1, 0.15) is 0 Å². The maximum Gasteiger partial charge on any atom is 0.573 e. The molecule has 0 fully saturated rings. The largest absolute Gasteiger partial charge is 0.573 e. The predicted octanol–water partition coefficient (Wildman–Crippen LogP) is 3.86. The molecule has 0 aliphatic heterocycles. The second-order valence-electron chi connectivity index (χ2n) is 3.30. The van der Waals surface area contributed by atoms with Crippen molar-refractivity contribution in [2.24, 2.45) is 0 Å². The molecule has 0 heterocycles. The van der Waals surface area contributed by atoms with Gasteiger partial charge in [-0.15, -0.1) is 13.2 Å². The first-order valence-corrected chi connectivity index (χ1v) is 5.87. The lowest BCUT2D eigenvalue weighted by Crippen LogP contribution is -2.24. The fourth-order valence-electron chi connectivity index (χ4n) is 1.01. The molecule has 11 heteroatoms. The molecule has 0 saturated heterocycles. The van der Waals surface area contributed by atoms with Gasteiger partial charge in [-0.25, -0.2) is 5.48 Å². The van der Waals surface area contributed by atoms with Crippen molar-refractivity contribution >= 4 is 52.1 Å². The lowest BCUT2D eigenvalue weighted by molar-refractivity contribution is -0.274. The number of hydrogen-bond donors (Lipinski definition) is 3. The molecule has 112 valence electrons. The van der Waals surface area contributed by atoms with Crippen LogP contribution in [0.4, 0.5) is 24.5 Å². The zero-order chi connectivity index (χ0) is 15.6. The predicted molar refractivity (Wildman–Crippen MR) is 70.3 cm³/mol. The van der Waals surface area contributed by atoms with Crippen LogP contribution in [-0.2, 0) is 4.84 Å². The van der Waals surface area contributed by atoms with Crippen LogP contribution in [0.3, 0.4) is 0 Å². The zero-order valence-corrected chi connectivity index (χ0v) is 11.7. The van der Waals surface area contributed by atoms with Crippen molar-refractivity contribution in [3.05, 3.63) is 18.2 Å². The molecule has 1 rings (SSSR count). The molecule has 0 atom stereocenters. The van der Waals surface area contributed by atoms with E-state index in [0.29, 0.717) is 0 Å². The third-order valence-corrected chi connectivity index (χ3v) is 2.33. The van der Waals surface area contributed by atoms with Gasteiger partial charge in [0.25, 0.3) is 9.69 Å². The molecule has 0 bridgehead atoms. The fraction of sp³-hybridized carbons (Fsp3) is 0.222. The van der Waals surface area contributed by atoms with Gasteiger partial charge in [0.15, 0.2) is 5.75 Å². The molecular formula is C9H7Cl3F3N3O2. The van der Waals surface area contributed by atoms with Crippen LogP contribution in [0, 0.1) is 5.41 Å². The van der Waals surface area contributed by atoms with Gasteiger partial charge in [-0.1, -0.05) is 40.9 Å². The first-order valence-electron chi connectivity index (χ1n) is 4.73. The maximum absolute atomic E-state index is 12.1. The summed E-state index contributed by atoms with van der Waals surface area (Å²) in [6, 6.07) is 3.51. The Labute approximate surface area is 126 Å². The van der Waals surface area contributed by atoms with E-state index < -0.39 is 21.8 Å². The van der Waals surface area contributed by atoms with E-state index in [4.69, 9.17) is 45.9 Å². The monoisotopic (exact) mass is 351 g/mol. The van der Waals surface area contributed by atoms with E-state index in [-0.39, 0.29) is 11.4 Å². The van der Waals surface area contributed by atoms with Gasteiger partial charge in [0, 0.05) is 0 Å². The van der Waals surface area contributed by atoms with E-state index in [1.165, 1.54) is 12.1 Å². The van der Waals surface area contributed by atoms with Crippen molar-refractivity contribution < 1.29 is 22.7 Å². The third-order valence-electron chi connectivity index (χ3n) is 1.81. The summed E-state index contributed by atoms with van der Waals surface area (Å²) < 4.78 is 37.9. The highest BCUT2D eigenvalue weighted by Gasteiger charge is 2.32. The Hall–Kier alpha value is -1.25. The van der Waals surface area contributed by atoms with Gasteiger partial charge in [0.1, 0.15) is 5.69 Å². The van der Waals surface area contributed by atoms with Crippen LogP contribution >= 0.6 is 34.8 Å². The molecule has 20 heavy (non-hydrogen) atoms. The number of nitrogens with one attached hydrogen (secondary N) is 2. The van der Waals surface area contributed by atoms with Gasteiger partial charge in [-0.2, -0.15) is 0 Å². The Kier molecular flexibility index (Phi) is 5.06. The van der Waals surface area contributed by atoms with Crippen LogP contribution in [0.5, 0.6) is 5.75 Å². The van der Waals surface area contributed by atoms with E-state index in [9.17, 15) is 13.2 Å². The summed E-state index contributed by atoms with van der Waals surface area (Å²) in [7, 11) is 0. The van der Waals surface area contributed by atoms with Crippen LogP contribution in [0.15, 0.2) is 18.2 Å². The number of hydrogen-bond acceptors (Lipinski definition) is 5. The van der Waals surface area contributed by atoms with Crippen molar-refractivity contribution in [2.45, 2.75) is 10.2 Å². The molecule has 4 N–H and O–H groups in total. The lowest BCUT2D eigenvalue weighted by Gasteiger charge is -2.17. The molecular weight excluding hydrogens is 345 g/mol. The fourth-order valence-corrected chi connectivity index (χ4v) is 1.13. The molecule has 5 nitrogen and oxygen atoms in total. The number of rotatable bonds is 3. The van der Waals surface area contributed by atoms with Crippen molar-refractivity contribution in [2.75, 3.05) is 11.2 Å². The molecule has 0 spiro atoms. The molecule has 0 saturated carbocycles. The smallest absolute Gasteiger partial charge is 0.403 e. The Morgan fingerprint density at radius 2 is 1.85 bits per heavy atom. The van der Waals surface area contributed by atoms with Gasteiger partial charge >= 0.3 is 6.36 Å². The van der Waals surface area contributed by atoms with Crippen LogP contribution in [-0.4, -0.2) is 16.1 Å². The molecule has 0 unspecified atom stereocenters. The summed E-state index contributed by atoms with van der Waals surface area (Å²) in [4.78, 5) is 4.58. The number of anilines is 2. The van der Waals surface area contributed by atoms with Crippen molar-refractivity contribution in [3.63, 3.8) is 0 Å². The number of nitrogens with two attached hydrogens (primary N) is 1. The standard InChI is InChI=1S/C9H7Cl3F3N3O2/c10-8(11,12)7(17)20-18-4-2-1-3-5(6(4)16)19-9(13,14)15/h1-3,17-18H,16H2. The summed E-state index contributed by atoms with van der Waals surface area (Å²) in [6.07, 6.45) is -4.89. The number of halogens is 6. The van der Waals surface area contributed by atoms with E-state index in [0.717, 1.165) is 6.07 Å². The van der Waals surface area contributed by atoms with Gasteiger partial charge in [-0.05, 0) is 12.1 Å². The minimum Gasteiger partial charge on any atom is -0.403 e. The first kappa shape index (κ1) is 16.8. The molecule has 1 aromatic rings. The molecule has 0 aliphatic carbocycles. The normalized spacial score (nSPS) is 11.9. The molecule has 0 amide bonds. The second-order valence-corrected chi connectivity index (χ2v) is 5.58. The number of para-hydroxylation sites is 1. The van der Waals surface area contributed by atoms with E-state index in [1.807, 2.05) is 0 Å². The minimum atomic E-state index is -4.89. The van der Waals surface area contributed by atoms with Crippen LogP contribution < -0.4 is 16.0 Å². The Balaban J connectivity index is 2.82. The van der Waals surface area contributed by atoms with Crippen molar-refractivity contribution in [1.82, 2.24) is 0 Å². The topological polar surface area (TPSA) is 80.4 Å². The summed E-state index contributed by atoms with van der Waals surface area (Å²) in [5, 5.41) is 7.23. The zero-order valence-electron chi connectivity index (χ0n) is 9.39. The third kappa shape index (κ3) is 5.03. The highest BCUT2D eigenvalue weighted by molar-refractivity contribution is 6.76. The molecule has 1 aromatic carbocycles. The quantitative estimate of drug-likeness (QED) is 0.254. The van der Waals surface area contributed by atoms with E-state index >= 15 is 0 Å². The highest BCUT2D eigenvalue weighted by atomic mass is 35.6. The summed E-state index contributed by atoms with van der Waals surface area (Å²) in [6.45, 7) is 0. The molecule has 0 radical (unpaired) electrons. The van der Waals surface area contributed by atoms with Gasteiger partial charge in [0.2, 0.25) is 0 Å². The van der Waals surface area contributed by atoms with Gasteiger partial charge in [0.05, 0.1) is 5.69 Å². The number of ether oxygens (including phenoxy) is 1. The second kappa shape index (κ2) is 6.02. The first-order chi connectivity index (χ1) is 9.00. The Morgan fingerprint density at radius 1 is 1.25 bits per heavy atom. The Bertz CT molecular complexity index is 505. The van der Waals surface area contributed by atoms with Crippen LogP contribution in [0.25, 0.3) is 0 Å². The number of alkyl halides is 6. The number of benzene rings is 1. The number of nitrogen functional groups attached to an aromatic ring is 1. The lowest BCUT2D eigenvalue weighted by atomic mass is 10.2. The highest BCUT2D eigenvalue weighted by Crippen LogP contribution is 2.34. The van der Waals surface area contributed by atoms with E-state index in [1.54, 1.807) is 0 Å². The van der Waals surface area contributed by atoms with Crippen molar-refractivity contribution in [3.8, 4) is 5.75 Å². The van der Waals surface area contributed by atoms with E-state index in [2.05, 4.69) is 15.1 Å². The SMILES string of the molecule is N=C(ONc1cccc(OC(F)(F)F)c1N)C(Cl)(Cl)Cl. The average Bonchev–Trinajstić information content (AvgIpc) is 2.27. The average molecular weight is 353 g/mol. The maximum atomic E-state index is 12.1. The molecule has 0 aliphatic rings. The van der Waals surface area contributed by atoms with Crippen LogP contribution in [0.2, 0.25) is 0 Å². The minimum absolute atomic E-state index is 0.0919. The Morgan fingerprint density at radius 3 is 2.35 bits per heavy atom. The van der Waals surface area contributed by atoms with Gasteiger partial charge < -0.3 is 15.3 Å². The summed E-state index contributed by atoms with van der Waals surface area (Å²) in [5.41, 5.74) is 7.07. The van der Waals surface area contributed by atoms with Crippen molar-refractivity contribution in [1.29, 1.82) is 5.41 Å². The molecule has 0 aromatic heterocycles. The summed E-state index contributed by atoms with van der Waals surface area (Å²) in [5.74, 6) is -1.42.